The van der Waals surface area contributed by atoms with Crippen molar-refractivity contribution in [1.29, 1.82) is 0 Å². The van der Waals surface area contributed by atoms with Crippen molar-refractivity contribution in [3.8, 4) is 0 Å². The lowest BCUT2D eigenvalue weighted by Crippen LogP contribution is -2.06. The zero-order chi connectivity index (χ0) is 15.7. The van der Waals surface area contributed by atoms with Gasteiger partial charge in [0.15, 0.2) is 5.13 Å². The Morgan fingerprint density at radius 2 is 1.76 bits per heavy atom. The minimum absolute atomic E-state index is 0.000244. The van der Waals surface area contributed by atoms with Gasteiger partial charge in [-0.05, 0) is 17.7 Å². The van der Waals surface area contributed by atoms with Crippen LogP contribution in [-0.2, 0) is 18.9 Å². The minimum Gasteiger partial charge on any atom is -0.357 e. The molecule has 0 fully saturated rings. The summed E-state index contributed by atoms with van der Waals surface area (Å²) in [5.41, 5.74) is -0.509. The fourth-order valence-electron chi connectivity index (χ4n) is 1.52. The van der Waals surface area contributed by atoms with Crippen LogP contribution in [0.25, 0.3) is 0 Å². The third-order valence-electron chi connectivity index (χ3n) is 2.48. The van der Waals surface area contributed by atoms with Crippen LogP contribution in [0.2, 0.25) is 0 Å². The van der Waals surface area contributed by atoms with Crippen molar-refractivity contribution in [3.63, 3.8) is 0 Å². The van der Waals surface area contributed by atoms with E-state index in [0.29, 0.717) is 23.1 Å². The third kappa shape index (κ3) is 4.10. The highest BCUT2D eigenvalue weighted by Gasteiger charge is 2.33. The predicted molar refractivity (Wildman–Crippen MR) is 65.9 cm³/mol. The number of rotatable bonds is 3. The Balaban J connectivity index is 2.05. The van der Waals surface area contributed by atoms with E-state index in [2.05, 4.69) is 10.3 Å². The average Bonchev–Trinajstić information content (AvgIpc) is 2.84. The average molecular weight is 326 g/mol. The van der Waals surface area contributed by atoms with E-state index in [4.69, 9.17) is 0 Å². The molecule has 0 aliphatic heterocycles. The highest BCUT2D eigenvalue weighted by molar-refractivity contribution is 7.15. The Bertz CT molecular complexity index is 617. The van der Waals surface area contributed by atoms with E-state index in [0.717, 1.165) is 12.1 Å². The van der Waals surface area contributed by atoms with Gasteiger partial charge in [0.25, 0.3) is 0 Å². The molecule has 1 aromatic heterocycles. The van der Waals surface area contributed by atoms with Gasteiger partial charge in [-0.1, -0.05) is 23.5 Å². The Morgan fingerprint density at radius 3 is 2.33 bits per heavy atom. The van der Waals surface area contributed by atoms with Gasteiger partial charge in [-0.3, -0.25) is 0 Å². The summed E-state index contributed by atoms with van der Waals surface area (Å²) in [5, 5.41) is 2.57. The molecule has 2 nitrogen and oxygen atoms in total. The molecule has 0 radical (unpaired) electrons. The summed E-state index contributed by atoms with van der Waals surface area (Å²) in [6.07, 6.45) is -8.26. The first-order valence-corrected chi connectivity index (χ1v) is 6.41. The number of alkyl halides is 6. The number of halogens is 6. The molecule has 0 amide bonds. The zero-order valence-electron chi connectivity index (χ0n) is 10.2. The van der Waals surface area contributed by atoms with Crippen LogP contribution in [-0.4, -0.2) is 4.98 Å². The van der Waals surface area contributed by atoms with Gasteiger partial charge in [0.2, 0.25) is 0 Å². The zero-order valence-corrected chi connectivity index (χ0v) is 11.0. The van der Waals surface area contributed by atoms with Crippen LogP contribution in [0.5, 0.6) is 0 Å². The molecule has 0 atom stereocenters. The molecule has 2 rings (SSSR count). The fourth-order valence-corrected chi connectivity index (χ4v) is 2.20. The van der Waals surface area contributed by atoms with Gasteiger partial charge in [-0.2, -0.15) is 26.3 Å². The maximum absolute atomic E-state index is 12.5. The van der Waals surface area contributed by atoms with Gasteiger partial charge < -0.3 is 5.32 Å². The van der Waals surface area contributed by atoms with Crippen LogP contribution < -0.4 is 5.32 Å². The minimum atomic E-state index is -4.48. The largest absolute Gasteiger partial charge is 0.427 e. The van der Waals surface area contributed by atoms with E-state index < -0.39 is 22.8 Å². The standard InChI is InChI=1S/C12H8F6N2S/c13-11(14,15)8-3-1-2-7(4-8)5-19-10-20-6-9(21-10)12(16,17)18/h1-4,6H,5H2,(H,19,20). The Labute approximate surface area is 119 Å². The second-order valence-corrected chi connectivity index (χ2v) is 5.11. The van der Waals surface area contributed by atoms with E-state index in [9.17, 15) is 26.3 Å². The van der Waals surface area contributed by atoms with E-state index in [1.165, 1.54) is 12.1 Å². The number of aromatic nitrogens is 1. The first kappa shape index (κ1) is 15.6. The van der Waals surface area contributed by atoms with Crippen molar-refractivity contribution in [2.45, 2.75) is 18.9 Å². The molecule has 0 saturated carbocycles. The maximum atomic E-state index is 12.5. The number of nitrogens with zero attached hydrogens (tertiary/aromatic N) is 1. The molecule has 0 bridgehead atoms. The second kappa shape index (κ2) is 5.55. The van der Waals surface area contributed by atoms with Crippen LogP contribution in [0, 0.1) is 0 Å². The summed E-state index contributed by atoms with van der Waals surface area (Å²) in [5.74, 6) is 0. The molecule has 2 aromatic rings. The lowest BCUT2D eigenvalue weighted by atomic mass is 10.1. The maximum Gasteiger partial charge on any atom is 0.427 e. The molecular formula is C12H8F6N2S. The quantitative estimate of drug-likeness (QED) is 0.820. The number of thiazole rings is 1. The molecule has 1 N–H and O–H groups in total. The summed E-state index contributed by atoms with van der Waals surface area (Å²) in [4.78, 5) is 2.67. The van der Waals surface area contributed by atoms with E-state index in [1.54, 1.807) is 0 Å². The molecular weight excluding hydrogens is 318 g/mol. The summed E-state index contributed by atoms with van der Waals surface area (Å²) >= 11 is 0.399. The lowest BCUT2D eigenvalue weighted by Gasteiger charge is -2.09. The summed E-state index contributed by atoms with van der Waals surface area (Å²) < 4.78 is 74.6. The summed E-state index contributed by atoms with van der Waals surface area (Å²) in [6.45, 7) is -0.0469. The Morgan fingerprint density at radius 1 is 1.05 bits per heavy atom. The van der Waals surface area contributed by atoms with Crippen molar-refractivity contribution < 1.29 is 26.3 Å². The Kier molecular flexibility index (Phi) is 4.13. The molecule has 21 heavy (non-hydrogen) atoms. The summed E-state index contributed by atoms with van der Waals surface area (Å²) in [7, 11) is 0. The summed E-state index contributed by atoms with van der Waals surface area (Å²) in [6, 6.07) is 4.54. The first-order valence-electron chi connectivity index (χ1n) is 5.59. The topological polar surface area (TPSA) is 24.9 Å². The van der Waals surface area contributed by atoms with Crippen LogP contribution in [0.4, 0.5) is 31.5 Å². The smallest absolute Gasteiger partial charge is 0.357 e. The lowest BCUT2D eigenvalue weighted by molar-refractivity contribution is -0.137. The predicted octanol–water partition coefficient (Wildman–Crippen LogP) is 4.79. The molecule has 0 saturated heterocycles. The van der Waals surface area contributed by atoms with Crippen molar-refractivity contribution >= 4 is 16.5 Å². The number of nitrogens with one attached hydrogen (secondary N) is 1. The van der Waals surface area contributed by atoms with Crippen LogP contribution in [0.3, 0.4) is 0 Å². The second-order valence-electron chi connectivity index (χ2n) is 4.08. The van der Waals surface area contributed by atoms with E-state index >= 15 is 0 Å². The molecule has 1 heterocycles. The molecule has 0 unspecified atom stereocenters. The van der Waals surface area contributed by atoms with Gasteiger partial charge in [0, 0.05) is 6.54 Å². The molecule has 114 valence electrons. The third-order valence-corrected chi connectivity index (χ3v) is 3.48. The number of benzene rings is 1. The molecule has 0 aliphatic carbocycles. The van der Waals surface area contributed by atoms with Crippen molar-refractivity contribution in [3.05, 3.63) is 46.5 Å². The highest BCUT2D eigenvalue weighted by Crippen LogP contribution is 2.35. The van der Waals surface area contributed by atoms with Crippen LogP contribution >= 0.6 is 11.3 Å². The first-order chi connectivity index (χ1) is 9.66. The van der Waals surface area contributed by atoms with E-state index in [-0.39, 0.29) is 11.7 Å². The van der Waals surface area contributed by atoms with Crippen LogP contribution in [0.15, 0.2) is 30.5 Å². The van der Waals surface area contributed by atoms with Crippen molar-refractivity contribution in [2.75, 3.05) is 5.32 Å². The fraction of sp³-hybridized carbons (Fsp3) is 0.250. The van der Waals surface area contributed by atoms with E-state index in [1.807, 2.05) is 0 Å². The van der Waals surface area contributed by atoms with Gasteiger partial charge in [0.05, 0.1) is 11.8 Å². The van der Waals surface area contributed by atoms with Crippen LogP contribution in [0.1, 0.15) is 16.0 Å². The number of hydrogen-bond acceptors (Lipinski definition) is 3. The monoisotopic (exact) mass is 326 g/mol. The molecule has 0 aliphatic rings. The molecule has 1 aromatic carbocycles. The highest BCUT2D eigenvalue weighted by atomic mass is 32.1. The SMILES string of the molecule is FC(F)(F)c1cccc(CNc2ncc(C(F)(F)F)s2)c1. The van der Waals surface area contributed by atoms with Gasteiger partial charge in [-0.15, -0.1) is 0 Å². The van der Waals surface area contributed by atoms with Crippen molar-refractivity contribution in [1.82, 2.24) is 4.98 Å². The normalized spacial score (nSPS) is 12.5. The van der Waals surface area contributed by atoms with Gasteiger partial charge in [0.1, 0.15) is 4.88 Å². The number of anilines is 1. The van der Waals surface area contributed by atoms with Gasteiger partial charge in [-0.25, -0.2) is 4.98 Å². The van der Waals surface area contributed by atoms with Gasteiger partial charge >= 0.3 is 12.4 Å². The molecule has 0 spiro atoms. The number of hydrogen-bond donors (Lipinski definition) is 1. The Hall–Kier alpha value is -1.77. The molecule has 9 heteroatoms. The van der Waals surface area contributed by atoms with Crippen molar-refractivity contribution in [2.24, 2.45) is 0 Å².